The Morgan fingerprint density at radius 3 is 2.96 bits per heavy atom. The van der Waals surface area contributed by atoms with Crippen molar-refractivity contribution in [1.29, 1.82) is 0 Å². The molecule has 3 aromatic heterocycles. The molecule has 0 bridgehead atoms. The number of H-pyrrole nitrogens is 1. The fourth-order valence-electron chi connectivity index (χ4n) is 4.56. The van der Waals surface area contributed by atoms with Gasteiger partial charge >= 0.3 is 0 Å². The maximum Gasteiger partial charge on any atom is 0.139 e. The molecule has 1 fully saturated rings. The van der Waals surface area contributed by atoms with Crippen LogP contribution in [0.15, 0.2) is 30.9 Å². The van der Waals surface area contributed by atoms with Gasteiger partial charge in [-0.3, -0.25) is 0 Å². The van der Waals surface area contributed by atoms with Crippen molar-refractivity contribution >= 4 is 16.7 Å². The number of rotatable bonds is 2. The van der Waals surface area contributed by atoms with E-state index in [2.05, 4.69) is 50.9 Å². The first kappa shape index (κ1) is 15.8. The average molecular weight is 348 g/mol. The molecule has 2 atom stereocenters. The number of likely N-dealkylation sites (tertiary alicyclic amines) is 1. The van der Waals surface area contributed by atoms with E-state index in [1.54, 1.807) is 6.33 Å². The zero-order valence-corrected chi connectivity index (χ0v) is 15.3. The molecular formula is C20H24N6. The van der Waals surface area contributed by atoms with Crippen LogP contribution >= 0.6 is 0 Å². The van der Waals surface area contributed by atoms with Crippen molar-refractivity contribution in [2.45, 2.75) is 38.3 Å². The molecule has 0 unspecified atom stereocenters. The highest BCUT2D eigenvalue weighted by molar-refractivity contribution is 5.90. The minimum atomic E-state index is 0.400. The van der Waals surface area contributed by atoms with Crippen LogP contribution < -0.4 is 4.90 Å². The SMILES string of the molecule is C[C@@H]1Cc2ncnc([C@@H]3CCN(C)C3)c2CN1c1ccnc2[nH]ccc12. The van der Waals surface area contributed by atoms with Gasteiger partial charge < -0.3 is 14.8 Å². The van der Waals surface area contributed by atoms with Crippen molar-refractivity contribution in [3.8, 4) is 0 Å². The number of aromatic amines is 1. The Kier molecular flexibility index (Phi) is 3.67. The highest BCUT2D eigenvalue weighted by Gasteiger charge is 2.31. The predicted octanol–water partition coefficient (Wildman–Crippen LogP) is 2.72. The molecular weight excluding hydrogens is 324 g/mol. The molecule has 2 aliphatic rings. The number of fused-ring (bicyclic) bond motifs is 2. The van der Waals surface area contributed by atoms with E-state index < -0.39 is 0 Å². The molecule has 0 saturated carbocycles. The van der Waals surface area contributed by atoms with Crippen molar-refractivity contribution in [3.63, 3.8) is 0 Å². The number of hydrogen-bond acceptors (Lipinski definition) is 5. The van der Waals surface area contributed by atoms with Gasteiger partial charge in [0.05, 0.1) is 11.4 Å². The van der Waals surface area contributed by atoms with Crippen LogP contribution in [0.5, 0.6) is 0 Å². The summed E-state index contributed by atoms with van der Waals surface area (Å²) in [6.45, 7) is 5.40. The smallest absolute Gasteiger partial charge is 0.139 e. The lowest BCUT2D eigenvalue weighted by molar-refractivity contribution is 0.410. The standard InChI is InChI=1S/C20H24N6/c1-13-9-17-16(19(24-12-23-17)14-5-8-25(2)10-14)11-26(13)18-4-7-22-20-15(18)3-6-21-20/h3-4,6-7,12-14H,5,8-11H2,1-2H3,(H,21,22)/t13-,14-/m1/s1. The van der Waals surface area contributed by atoms with Gasteiger partial charge in [-0.1, -0.05) is 0 Å². The highest BCUT2D eigenvalue weighted by Crippen LogP contribution is 2.36. The Morgan fingerprint density at radius 1 is 1.19 bits per heavy atom. The van der Waals surface area contributed by atoms with Gasteiger partial charge in [0.25, 0.3) is 0 Å². The summed E-state index contributed by atoms with van der Waals surface area (Å²) in [6, 6.07) is 4.65. The zero-order chi connectivity index (χ0) is 17.7. The summed E-state index contributed by atoms with van der Waals surface area (Å²) in [5.41, 5.74) is 6.02. The second kappa shape index (κ2) is 6.06. The topological polar surface area (TPSA) is 60.9 Å². The first-order valence-electron chi connectivity index (χ1n) is 9.40. The Labute approximate surface area is 153 Å². The van der Waals surface area contributed by atoms with Crippen LogP contribution in [0.25, 0.3) is 11.0 Å². The molecule has 0 spiro atoms. The molecule has 1 N–H and O–H groups in total. The third-order valence-electron chi connectivity index (χ3n) is 5.94. The van der Waals surface area contributed by atoms with Crippen molar-refractivity contribution < 1.29 is 0 Å². The monoisotopic (exact) mass is 348 g/mol. The number of hydrogen-bond donors (Lipinski definition) is 1. The number of pyridine rings is 1. The van der Waals surface area contributed by atoms with Crippen LogP contribution in [-0.2, 0) is 13.0 Å². The summed E-state index contributed by atoms with van der Waals surface area (Å²) in [5.74, 6) is 0.525. The fourth-order valence-corrected chi connectivity index (χ4v) is 4.56. The largest absolute Gasteiger partial charge is 0.363 e. The zero-order valence-electron chi connectivity index (χ0n) is 15.3. The van der Waals surface area contributed by atoms with E-state index in [-0.39, 0.29) is 0 Å². The summed E-state index contributed by atoms with van der Waals surface area (Å²) in [4.78, 5) is 21.9. The van der Waals surface area contributed by atoms with Gasteiger partial charge in [-0.2, -0.15) is 0 Å². The van der Waals surface area contributed by atoms with Crippen molar-refractivity contribution in [3.05, 3.63) is 47.8 Å². The van der Waals surface area contributed by atoms with Gasteiger partial charge in [0.2, 0.25) is 0 Å². The van der Waals surface area contributed by atoms with E-state index in [1.807, 2.05) is 12.4 Å². The van der Waals surface area contributed by atoms with E-state index in [9.17, 15) is 0 Å². The number of anilines is 1. The molecule has 1 saturated heterocycles. The minimum Gasteiger partial charge on any atom is -0.363 e. The quantitative estimate of drug-likeness (QED) is 0.772. The van der Waals surface area contributed by atoms with Gasteiger partial charge in [0, 0.05) is 60.5 Å². The maximum absolute atomic E-state index is 4.73. The number of nitrogens with one attached hydrogen (secondary N) is 1. The fraction of sp³-hybridized carbons (Fsp3) is 0.450. The third-order valence-corrected chi connectivity index (χ3v) is 5.94. The predicted molar refractivity (Wildman–Crippen MR) is 102 cm³/mol. The van der Waals surface area contributed by atoms with Crippen molar-refractivity contribution in [2.75, 3.05) is 25.0 Å². The summed E-state index contributed by atoms with van der Waals surface area (Å²) in [7, 11) is 2.20. The van der Waals surface area contributed by atoms with Crippen LogP contribution in [0.2, 0.25) is 0 Å². The third kappa shape index (κ3) is 2.48. The molecule has 2 aliphatic heterocycles. The molecule has 5 rings (SSSR count). The lowest BCUT2D eigenvalue weighted by Gasteiger charge is -2.37. The Hall–Kier alpha value is -2.47. The second-order valence-corrected chi connectivity index (χ2v) is 7.68. The summed E-state index contributed by atoms with van der Waals surface area (Å²) < 4.78 is 0. The van der Waals surface area contributed by atoms with Crippen molar-refractivity contribution in [2.24, 2.45) is 0 Å². The van der Waals surface area contributed by atoms with Gasteiger partial charge in [-0.25, -0.2) is 15.0 Å². The molecule has 6 nitrogen and oxygen atoms in total. The molecule has 26 heavy (non-hydrogen) atoms. The molecule has 5 heterocycles. The van der Waals surface area contributed by atoms with Crippen molar-refractivity contribution in [1.82, 2.24) is 24.8 Å². The Morgan fingerprint density at radius 2 is 2.12 bits per heavy atom. The molecule has 6 heteroatoms. The lowest BCUT2D eigenvalue weighted by atomic mass is 9.92. The second-order valence-electron chi connectivity index (χ2n) is 7.68. The average Bonchev–Trinajstić information content (AvgIpc) is 3.29. The normalized spacial score (nSPS) is 23.5. The van der Waals surface area contributed by atoms with E-state index >= 15 is 0 Å². The Balaban J connectivity index is 1.56. The van der Waals surface area contributed by atoms with Crippen LogP contribution in [0.1, 0.15) is 36.2 Å². The van der Waals surface area contributed by atoms with E-state index in [1.165, 1.54) is 34.4 Å². The lowest BCUT2D eigenvalue weighted by Crippen LogP contribution is -2.40. The molecule has 0 aromatic carbocycles. The molecule has 0 amide bonds. The number of aromatic nitrogens is 4. The van der Waals surface area contributed by atoms with Gasteiger partial charge in [0.1, 0.15) is 12.0 Å². The van der Waals surface area contributed by atoms with Crippen LogP contribution in [0.4, 0.5) is 5.69 Å². The van der Waals surface area contributed by atoms with E-state index in [0.717, 1.165) is 31.7 Å². The van der Waals surface area contributed by atoms with Crippen LogP contribution in [0.3, 0.4) is 0 Å². The molecule has 3 aromatic rings. The van der Waals surface area contributed by atoms with Gasteiger partial charge in [-0.15, -0.1) is 0 Å². The van der Waals surface area contributed by atoms with Crippen LogP contribution in [0, 0.1) is 0 Å². The highest BCUT2D eigenvalue weighted by atomic mass is 15.2. The first-order chi connectivity index (χ1) is 12.7. The number of likely N-dealkylation sites (N-methyl/N-ethyl adjacent to an activating group) is 1. The molecule has 0 aliphatic carbocycles. The van der Waals surface area contributed by atoms with E-state index in [0.29, 0.717) is 12.0 Å². The first-order valence-corrected chi connectivity index (χ1v) is 9.40. The summed E-state index contributed by atoms with van der Waals surface area (Å²) in [6.07, 6.45) is 7.78. The maximum atomic E-state index is 4.73. The molecule has 134 valence electrons. The Bertz CT molecular complexity index is 948. The van der Waals surface area contributed by atoms with Crippen LogP contribution in [-0.4, -0.2) is 51.0 Å². The van der Waals surface area contributed by atoms with Gasteiger partial charge in [0.15, 0.2) is 0 Å². The minimum absolute atomic E-state index is 0.400. The van der Waals surface area contributed by atoms with Gasteiger partial charge in [-0.05, 0) is 39.1 Å². The van der Waals surface area contributed by atoms with E-state index in [4.69, 9.17) is 4.98 Å². The summed E-state index contributed by atoms with van der Waals surface area (Å²) >= 11 is 0. The molecule has 0 radical (unpaired) electrons. The summed E-state index contributed by atoms with van der Waals surface area (Å²) in [5, 5.41) is 1.18. The number of nitrogens with zero attached hydrogens (tertiary/aromatic N) is 5.